The number of nitrogens with one attached hydrogen (secondary N) is 3. The summed E-state index contributed by atoms with van der Waals surface area (Å²) in [6.45, 7) is 6.35. The van der Waals surface area contributed by atoms with Gasteiger partial charge >= 0.3 is 6.03 Å². The predicted molar refractivity (Wildman–Crippen MR) is 83.6 cm³/mol. The summed E-state index contributed by atoms with van der Waals surface area (Å²) in [6.07, 6.45) is 7.06. The summed E-state index contributed by atoms with van der Waals surface area (Å²) in [5, 5.41) is 12.0. The van der Waals surface area contributed by atoms with E-state index in [0.717, 1.165) is 25.7 Å². The largest absolute Gasteiger partial charge is 0.350 e. The third-order valence-corrected chi connectivity index (χ3v) is 3.98. The molecule has 0 bridgehead atoms. The van der Waals surface area contributed by atoms with Crippen LogP contribution in [-0.4, -0.2) is 42.3 Å². The summed E-state index contributed by atoms with van der Waals surface area (Å²) in [5.74, 6) is 0. The third-order valence-electron chi connectivity index (χ3n) is 3.98. The molecule has 0 saturated carbocycles. The topological polar surface area (TPSA) is 88.3 Å². The maximum absolute atomic E-state index is 11.7. The van der Waals surface area contributed by atoms with Crippen LogP contribution in [0.1, 0.15) is 39.5 Å². The molecule has 2 rings (SSSR count). The van der Waals surface area contributed by atoms with E-state index in [9.17, 15) is 4.79 Å². The summed E-state index contributed by atoms with van der Waals surface area (Å²) in [5.41, 5.74) is 0.662. The number of rotatable bonds is 8. The highest BCUT2D eigenvalue weighted by molar-refractivity contribution is 5.88. The number of anilines is 1. The van der Waals surface area contributed by atoms with Crippen LogP contribution in [0.2, 0.25) is 0 Å². The van der Waals surface area contributed by atoms with Crippen molar-refractivity contribution in [3.05, 3.63) is 12.4 Å². The Kier molecular flexibility index (Phi) is 6.21. The van der Waals surface area contributed by atoms with Crippen molar-refractivity contribution in [2.75, 3.05) is 25.1 Å². The van der Waals surface area contributed by atoms with Crippen molar-refractivity contribution < 1.29 is 14.3 Å². The second kappa shape index (κ2) is 8.14. The van der Waals surface area contributed by atoms with Crippen LogP contribution in [0.15, 0.2) is 12.4 Å². The first-order valence-corrected chi connectivity index (χ1v) is 7.91. The van der Waals surface area contributed by atoms with E-state index in [1.807, 2.05) is 0 Å². The van der Waals surface area contributed by atoms with Gasteiger partial charge in [0.1, 0.15) is 0 Å². The first-order valence-electron chi connectivity index (χ1n) is 7.91. The van der Waals surface area contributed by atoms with Gasteiger partial charge in [-0.15, -0.1) is 0 Å². The second-order valence-electron chi connectivity index (χ2n) is 5.95. The molecule has 1 aromatic heterocycles. The molecule has 1 fully saturated rings. The summed E-state index contributed by atoms with van der Waals surface area (Å²) in [7, 11) is 0. The Morgan fingerprint density at radius 3 is 2.86 bits per heavy atom. The molecule has 2 heterocycles. The lowest BCUT2D eigenvalue weighted by Crippen LogP contribution is -2.35. The van der Waals surface area contributed by atoms with Gasteiger partial charge in [0.05, 0.1) is 25.1 Å². The monoisotopic (exact) mass is 310 g/mol. The zero-order chi connectivity index (χ0) is 15.8. The smallest absolute Gasteiger partial charge is 0.319 e. The van der Waals surface area contributed by atoms with Crippen LogP contribution in [-0.2, 0) is 9.47 Å². The van der Waals surface area contributed by atoms with Crippen LogP contribution in [0.4, 0.5) is 10.5 Å². The fraction of sp³-hybridized carbons (Fsp3) is 0.733. The maximum Gasteiger partial charge on any atom is 0.319 e. The number of urea groups is 1. The molecule has 3 N–H and O–H groups in total. The van der Waals surface area contributed by atoms with E-state index in [1.54, 1.807) is 12.4 Å². The van der Waals surface area contributed by atoms with Gasteiger partial charge in [0.2, 0.25) is 0 Å². The Bertz CT molecular complexity index is 446. The fourth-order valence-electron chi connectivity index (χ4n) is 2.88. The maximum atomic E-state index is 11.7. The molecule has 2 amide bonds. The van der Waals surface area contributed by atoms with Gasteiger partial charge in [-0.2, -0.15) is 5.10 Å². The number of ether oxygens (including phenoxy) is 2. The summed E-state index contributed by atoms with van der Waals surface area (Å²) in [4.78, 5) is 11.7. The van der Waals surface area contributed by atoms with Gasteiger partial charge in [0.25, 0.3) is 0 Å². The predicted octanol–water partition coefficient (Wildman–Crippen LogP) is 2.49. The zero-order valence-corrected chi connectivity index (χ0v) is 13.4. The summed E-state index contributed by atoms with van der Waals surface area (Å²) in [6, 6.07) is -0.216. The van der Waals surface area contributed by atoms with E-state index < -0.39 is 0 Å². The van der Waals surface area contributed by atoms with Crippen molar-refractivity contribution in [2.24, 2.45) is 5.41 Å². The minimum atomic E-state index is -0.216. The number of amides is 2. The number of H-pyrrole nitrogens is 1. The standard InChI is InChI=1S/C15H26N4O3/c1-3-5-15(2,13-21-8-9-22-13)6-4-7-16-14(20)19-12-10-17-18-11-12/h10-11,13H,3-9H2,1-2H3,(H,17,18)(H2,16,19,20)/t15-/m1/s1. The minimum Gasteiger partial charge on any atom is -0.350 e. The number of aromatic amines is 1. The summed E-state index contributed by atoms with van der Waals surface area (Å²) >= 11 is 0. The Labute approximate surface area is 131 Å². The van der Waals surface area contributed by atoms with E-state index in [-0.39, 0.29) is 17.7 Å². The van der Waals surface area contributed by atoms with Crippen molar-refractivity contribution in [1.82, 2.24) is 15.5 Å². The fourth-order valence-corrected chi connectivity index (χ4v) is 2.88. The van der Waals surface area contributed by atoms with Gasteiger partial charge in [-0.1, -0.05) is 20.3 Å². The molecular weight excluding hydrogens is 284 g/mol. The Balaban J connectivity index is 1.70. The number of aromatic nitrogens is 2. The van der Waals surface area contributed by atoms with Crippen LogP contribution >= 0.6 is 0 Å². The van der Waals surface area contributed by atoms with Crippen molar-refractivity contribution in [1.29, 1.82) is 0 Å². The van der Waals surface area contributed by atoms with Crippen molar-refractivity contribution in [2.45, 2.75) is 45.8 Å². The van der Waals surface area contributed by atoms with Gasteiger partial charge < -0.3 is 20.1 Å². The SMILES string of the molecule is CCC[C@](C)(CCCNC(=O)Nc1cn[nH]c1)C1OCCO1. The lowest BCUT2D eigenvalue weighted by molar-refractivity contribution is -0.133. The Hall–Kier alpha value is -1.60. The number of nitrogens with zero attached hydrogens (tertiary/aromatic N) is 1. The third kappa shape index (κ3) is 4.71. The van der Waals surface area contributed by atoms with E-state index in [1.165, 1.54) is 0 Å². The van der Waals surface area contributed by atoms with Gasteiger partial charge in [0, 0.05) is 18.2 Å². The molecule has 0 aliphatic carbocycles. The second-order valence-corrected chi connectivity index (χ2v) is 5.95. The van der Waals surface area contributed by atoms with Crippen LogP contribution in [0.3, 0.4) is 0 Å². The lowest BCUT2D eigenvalue weighted by Gasteiger charge is -2.33. The van der Waals surface area contributed by atoms with Gasteiger partial charge in [-0.3, -0.25) is 5.10 Å². The molecule has 0 radical (unpaired) electrons. The number of hydrogen-bond donors (Lipinski definition) is 3. The first-order chi connectivity index (χ1) is 10.6. The molecule has 0 unspecified atom stereocenters. The van der Waals surface area contributed by atoms with Crippen molar-refractivity contribution in [3.63, 3.8) is 0 Å². The van der Waals surface area contributed by atoms with Crippen molar-refractivity contribution in [3.8, 4) is 0 Å². The molecular formula is C15H26N4O3. The van der Waals surface area contributed by atoms with Crippen LogP contribution < -0.4 is 10.6 Å². The normalized spacial score (nSPS) is 18.1. The number of hydrogen-bond acceptors (Lipinski definition) is 4. The van der Waals surface area contributed by atoms with E-state index >= 15 is 0 Å². The summed E-state index contributed by atoms with van der Waals surface area (Å²) < 4.78 is 11.4. The first kappa shape index (κ1) is 16.8. The average Bonchev–Trinajstić information content (AvgIpc) is 3.17. The van der Waals surface area contributed by atoms with Gasteiger partial charge in [0.15, 0.2) is 6.29 Å². The Morgan fingerprint density at radius 2 is 2.23 bits per heavy atom. The van der Waals surface area contributed by atoms with E-state index in [4.69, 9.17) is 9.47 Å². The molecule has 1 atom stereocenters. The van der Waals surface area contributed by atoms with Crippen LogP contribution in [0, 0.1) is 5.41 Å². The molecule has 1 aromatic rings. The van der Waals surface area contributed by atoms with Crippen molar-refractivity contribution >= 4 is 11.7 Å². The van der Waals surface area contributed by atoms with E-state index in [0.29, 0.717) is 25.4 Å². The quantitative estimate of drug-likeness (QED) is 0.644. The number of carbonyl (C=O) groups is 1. The highest BCUT2D eigenvalue weighted by Gasteiger charge is 2.37. The molecule has 1 aliphatic rings. The molecule has 1 saturated heterocycles. The lowest BCUT2D eigenvalue weighted by atomic mass is 9.80. The van der Waals surface area contributed by atoms with Gasteiger partial charge in [-0.25, -0.2) is 4.79 Å². The van der Waals surface area contributed by atoms with E-state index in [2.05, 4.69) is 34.7 Å². The molecule has 7 heteroatoms. The van der Waals surface area contributed by atoms with Crippen LogP contribution in [0.5, 0.6) is 0 Å². The molecule has 0 aromatic carbocycles. The Morgan fingerprint density at radius 1 is 1.45 bits per heavy atom. The molecule has 22 heavy (non-hydrogen) atoms. The highest BCUT2D eigenvalue weighted by Crippen LogP contribution is 2.37. The molecule has 1 aliphatic heterocycles. The number of carbonyl (C=O) groups excluding carboxylic acids is 1. The molecule has 124 valence electrons. The molecule has 7 nitrogen and oxygen atoms in total. The minimum absolute atomic E-state index is 0.00790. The van der Waals surface area contributed by atoms with Crippen LogP contribution in [0.25, 0.3) is 0 Å². The van der Waals surface area contributed by atoms with Gasteiger partial charge in [-0.05, 0) is 19.3 Å². The highest BCUT2D eigenvalue weighted by atomic mass is 16.7. The average molecular weight is 310 g/mol. The molecule has 0 spiro atoms. The zero-order valence-electron chi connectivity index (χ0n) is 13.4.